The Kier molecular flexibility index (Phi) is 3.62. The van der Waals surface area contributed by atoms with Gasteiger partial charge in [-0.15, -0.1) is 0 Å². The van der Waals surface area contributed by atoms with Crippen LogP contribution >= 0.6 is 0 Å². The molecule has 0 saturated heterocycles. The Morgan fingerprint density at radius 1 is 1.29 bits per heavy atom. The van der Waals surface area contributed by atoms with Crippen molar-refractivity contribution in [3.63, 3.8) is 0 Å². The first-order chi connectivity index (χ1) is 8.29. The number of hydrogen-bond acceptors (Lipinski definition) is 4. The third-order valence-corrected chi connectivity index (χ3v) is 2.27. The van der Waals surface area contributed by atoms with Gasteiger partial charge in [0.05, 0.1) is 6.61 Å². The van der Waals surface area contributed by atoms with Gasteiger partial charge in [-0.3, -0.25) is 4.79 Å². The van der Waals surface area contributed by atoms with E-state index < -0.39 is 0 Å². The smallest absolute Gasteiger partial charge is 0.294 e. The normalized spacial score (nSPS) is 14.3. The van der Waals surface area contributed by atoms with Crippen LogP contribution < -0.4 is 5.32 Å². The lowest BCUT2D eigenvalue weighted by atomic mass is 10.2. The standard InChI is InChI=1S/C12H13NO4/c14-7-9-1-3-10(4-2-9)13-12(15)11-8-16-5-6-17-11/h1-4,8,14H,5-7H2,(H,13,15). The first-order valence-electron chi connectivity index (χ1n) is 5.25. The maximum atomic E-state index is 11.7. The first kappa shape index (κ1) is 11.5. The van der Waals surface area contributed by atoms with Crippen molar-refractivity contribution in [1.29, 1.82) is 0 Å². The molecular weight excluding hydrogens is 222 g/mol. The number of anilines is 1. The zero-order chi connectivity index (χ0) is 12.1. The van der Waals surface area contributed by atoms with Crippen molar-refractivity contribution in [2.45, 2.75) is 6.61 Å². The van der Waals surface area contributed by atoms with Crippen LogP contribution in [-0.2, 0) is 20.9 Å². The number of nitrogens with one attached hydrogen (secondary N) is 1. The highest BCUT2D eigenvalue weighted by Crippen LogP contribution is 2.12. The summed E-state index contributed by atoms with van der Waals surface area (Å²) in [5, 5.41) is 11.6. The van der Waals surface area contributed by atoms with Gasteiger partial charge in [0.1, 0.15) is 19.5 Å². The zero-order valence-corrected chi connectivity index (χ0v) is 9.18. The second kappa shape index (κ2) is 5.36. The minimum absolute atomic E-state index is 0.0175. The van der Waals surface area contributed by atoms with Gasteiger partial charge in [0.2, 0.25) is 5.76 Å². The van der Waals surface area contributed by atoms with Crippen LogP contribution in [0, 0.1) is 0 Å². The van der Waals surface area contributed by atoms with Crippen molar-refractivity contribution in [3.05, 3.63) is 41.9 Å². The highest BCUT2D eigenvalue weighted by atomic mass is 16.6. The number of rotatable bonds is 3. The molecule has 1 aliphatic rings. The lowest BCUT2D eigenvalue weighted by Gasteiger charge is -2.15. The molecule has 1 aromatic carbocycles. The molecule has 0 aliphatic carbocycles. The Morgan fingerprint density at radius 3 is 2.65 bits per heavy atom. The van der Waals surface area contributed by atoms with Crippen LogP contribution in [0.1, 0.15) is 5.56 Å². The van der Waals surface area contributed by atoms with Crippen LogP contribution in [0.2, 0.25) is 0 Å². The molecule has 5 heteroatoms. The van der Waals surface area contributed by atoms with E-state index in [4.69, 9.17) is 14.6 Å². The van der Waals surface area contributed by atoms with Crippen molar-refractivity contribution in [2.24, 2.45) is 0 Å². The Bertz CT molecular complexity index is 425. The number of hydrogen-bond donors (Lipinski definition) is 2. The Labute approximate surface area is 98.7 Å². The van der Waals surface area contributed by atoms with E-state index >= 15 is 0 Å². The highest BCUT2D eigenvalue weighted by Gasteiger charge is 2.14. The lowest BCUT2D eigenvalue weighted by Crippen LogP contribution is -2.21. The average Bonchev–Trinajstić information content (AvgIpc) is 2.40. The van der Waals surface area contributed by atoms with Gasteiger partial charge in [0.15, 0.2) is 0 Å². The van der Waals surface area contributed by atoms with Crippen LogP contribution in [-0.4, -0.2) is 24.2 Å². The lowest BCUT2D eigenvalue weighted by molar-refractivity contribution is -0.117. The maximum Gasteiger partial charge on any atom is 0.294 e. The molecular formula is C12H13NO4. The molecule has 17 heavy (non-hydrogen) atoms. The summed E-state index contributed by atoms with van der Waals surface area (Å²) in [6.45, 7) is 0.820. The van der Waals surface area contributed by atoms with E-state index in [2.05, 4.69) is 5.32 Å². The second-order valence-corrected chi connectivity index (χ2v) is 3.51. The number of carbonyl (C=O) groups is 1. The van der Waals surface area contributed by atoms with E-state index in [1.807, 2.05) is 0 Å². The summed E-state index contributed by atoms with van der Waals surface area (Å²) in [4.78, 5) is 11.7. The number of benzene rings is 1. The summed E-state index contributed by atoms with van der Waals surface area (Å²) in [5.74, 6) is -0.177. The minimum atomic E-state index is -0.346. The van der Waals surface area contributed by atoms with Gasteiger partial charge >= 0.3 is 0 Å². The number of ether oxygens (including phenoxy) is 2. The monoisotopic (exact) mass is 235 g/mol. The van der Waals surface area contributed by atoms with Gasteiger partial charge in [-0.2, -0.15) is 0 Å². The van der Waals surface area contributed by atoms with E-state index in [9.17, 15) is 4.79 Å². The summed E-state index contributed by atoms with van der Waals surface area (Å²) >= 11 is 0. The molecule has 90 valence electrons. The number of aliphatic hydroxyl groups excluding tert-OH is 1. The summed E-state index contributed by atoms with van der Waals surface area (Å²) in [6.07, 6.45) is 1.31. The van der Waals surface area contributed by atoms with Crippen molar-refractivity contribution >= 4 is 11.6 Å². The predicted octanol–water partition coefficient (Wildman–Crippen LogP) is 1.01. The molecule has 2 rings (SSSR count). The van der Waals surface area contributed by atoms with Gasteiger partial charge in [-0.25, -0.2) is 0 Å². The summed E-state index contributed by atoms with van der Waals surface area (Å²) in [7, 11) is 0. The summed E-state index contributed by atoms with van der Waals surface area (Å²) < 4.78 is 10.1. The minimum Gasteiger partial charge on any atom is -0.494 e. The van der Waals surface area contributed by atoms with E-state index in [-0.39, 0.29) is 18.3 Å². The summed E-state index contributed by atoms with van der Waals surface area (Å²) in [6, 6.07) is 6.91. The Balaban J connectivity index is 1.99. The van der Waals surface area contributed by atoms with Crippen LogP contribution in [0.15, 0.2) is 36.3 Å². The molecule has 1 aromatic rings. The fraction of sp³-hybridized carbons (Fsp3) is 0.250. The maximum absolute atomic E-state index is 11.7. The third kappa shape index (κ3) is 2.98. The van der Waals surface area contributed by atoms with Crippen molar-refractivity contribution in [3.8, 4) is 0 Å². The first-order valence-corrected chi connectivity index (χ1v) is 5.25. The van der Waals surface area contributed by atoms with Gasteiger partial charge < -0.3 is 19.9 Å². The molecule has 0 saturated carbocycles. The molecule has 1 aliphatic heterocycles. The fourth-order valence-corrected chi connectivity index (χ4v) is 1.37. The predicted molar refractivity (Wildman–Crippen MR) is 61.0 cm³/mol. The summed E-state index contributed by atoms with van der Waals surface area (Å²) in [5.41, 5.74) is 1.43. The number of carbonyl (C=O) groups excluding carboxylic acids is 1. The van der Waals surface area contributed by atoms with Crippen LogP contribution in [0.25, 0.3) is 0 Å². The Morgan fingerprint density at radius 2 is 2.06 bits per heavy atom. The molecule has 5 nitrogen and oxygen atoms in total. The fourth-order valence-electron chi connectivity index (χ4n) is 1.37. The van der Waals surface area contributed by atoms with E-state index in [1.54, 1.807) is 24.3 Å². The molecule has 0 atom stereocenters. The molecule has 0 radical (unpaired) electrons. The van der Waals surface area contributed by atoms with Gasteiger partial charge in [-0.05, 0) is 17.7 Å². The molecule has 0 spiro atoms. The zero-order valence-electron chi connectivity index (χ0n) is 9.18. The molecule has 0 aromatic heterocycles. The van der Waals surface area contributed by atoms with E-state index in [0.717, 1.165) is 5.56 Å². The van der Waals surface area contributed by atoms with Gasteiger partial charge in [-0.1, -0.05) is 12.1 Å². The molecule has 0 bridgehead atoms. The molecule has 0 fully saturated rings. The highest BCUT2D eigenvalue weighted by molar-refractivity contribution is 6.02. The van der Waals surface area contributed by atoms with Crippen molar-refractivity contribution < 1.29 is 19.4 Å². The molecule has 0 unspecified atom stereocenters. The molecule has 2 N–H and O–H groups in total. The van der Waals surface area contributed by atoms with Gasteiger partial charge in [0.25, 0.3) is 5.91 Å². The van der Waals surface area contributed by atoms with E-state index in [1.165, 1.54) is 6.26 Å². The van der Waals surface area contributed by atoms with Crippen molar-refractivity contribution in [2.75, 3.05) is 18.5 Å². The SMILES string of the molecule is O=C(Nc1ccc(CO)cc1)C1=COCCO1. The second-order valence-electron chi connectivity index (χ2n) is 3.51. The topological polar surface area (TPSA) is 67.8 Å². The number of aliphatic hydroxyl groups is 1. The quantitative estimate of drug-likeness (QED) is 0.820. The third-order valence-electron chi connectivity index (χ3n) is 2.27. The molecule has 1 amide bonds. The Hall–Kier alpha value is -2.01. The average molecular weight is 235 g/mol. The van der Waals surface area contributed by atoms with Crippen LogP contribution in [0.3, 0.4) is 0 Å². The van der Waals surface area contributed by atoms with Gasteiger partial charge in [0, 0.05) is 5.69 Å². The largest absolute Gasteiger partial charge is 0.494 e. The van der Waals surface area contributed by atoms with E-state index in [0.29, 0.717) is 18.9 Å². The van der Waals surface area contributed by atoms with Crippen molar-refractivity contribution in [1.82, 2.24) is 0 Å². The number of amides is 1. The van der Waals surface area contributed by atoms with Crippen LogP contribution in [0.4, 0.5) is 5.69 Å². The molecule has 1 heterocycles. The van der Waals surface area contributed by atoms with Crippen LogP contribution in [0.5, 0.6) is 0 Å².